The number of carbonyl (C=O) groups excluding carboxylic acids is 1. The molecule has 0 aromatic carbocycles. The molecule has 4 heteroatoms. The molecular weight excluding hydrogens is 188 g/mol. The van der Waals surface area contributed by atoms with Gasteiger partial charge in [-0.1, -0.05) is 17.5 Å². The predicted molar refractivity (Wildman–Crippen MR) is 51.3 cm³/mol. The molecule has 13 heavy (non-hydrogen) atoms. The fourth-order valence-electron chi connectivity index (χ4n) is 0.756. The Kier molecular flexibility index (Phi) is 3.30. The van der Waals surface area contributed by atoms with Gasteiger partial charge in [0.2, 0.25) is 0 Å². The number of hydrogen-bond acceptors (Lipinski definition) is 2. The van der Waals surface area contributed by atoms with Gasteiger partial charge in [0.05, 0.1) is 0 Å². The van der Waals surface area contributed by atoms with Gasteiger partial charge in [-0.3, -0.25) is 4.79 Å². The second-order valence-electron chi connectivity index (χ2n) is 2.20. The molecule has 66 valence electrons. The number of halogens is 1. The molecule has 0 unspecified atom stereocenters. The zero-order valence-corrected chi connectivity index (χ0v) is 7.72. The highest BCUT2D eigenvalue weighted by atomic mass is 35.5. The van der Waals surface area contributed by atoms with Crippen LogP contribution in [0.15, 0.2) is 18.3 Å². The minimum atomic E-state index is -0.357. The van der Waals surface area contributed by atoms with E-state index in [1.807, 2.05) is 0 Å². The van der Waals surface area contributed by atoms with E-state index in [0.29, 0.717) is 10.8 Å². The molecule has 1 aromatic rings. The van der Waals surface area contributed by atoms with E-state index in [9.17, 15) is 4.79 Å². The summed E-state index contributed by atoms with van der Waals surface area (Å²) in [5.74, 6) is 4.48. The first-order valence-corrected chi connectivity index (χ1v) is 3.95. The number of aromatic nitrogens is 1. The maximum absolute atomic E-state index is 11.0. The third kappa shape index (κ3) is 3.14. The zero-order chi connectivity index (χ0) is 9.68. The van der Waals surface area contributed by atoms with Crippen LogP contribution in [0.1, 0.15) is 6.92 Å². The summed E-state index contributed by atoms with van der Waals surface area (Å²) < 4.78 is 0. The van der Waals surface area contributed by atoms with Crippen LogP contribution in [0.3, 0.4) is 0 Å². The number of hydrogen-bond donors (Lipinski definition) is 1. The molecule has 0 aliphatic heterocycles. The maximum Gasteiger partial charge on any atom is 0.300 e. The van der Waals surface area contributed by atoms with Crippen molar-refractivity contribution in [1.29, 1.82) is 0 Å². The number of amides is 1. The Morgan fingerprint density at radius 1 is 1.69 bits per heavy atom. The van der Waals surface area contributed by atoms with E-state index in [0.717, 1.165) is 0 Å². The van der Waals surface area contributed by atoms with E-state index in [-0.39, 0.29) is 5.91 Å². The van der Waals surface area contributed by atoms with Crippen molar-refractivity contribution in [2.75, 3.05) is 5.32 Å². The van der Waals surface area contributed by atoms with Gasteiger partial charge in [0.25, 0.3) is 5.91 Å². The minimum Gasteiger partial charge on any atom is -0.315 e. The average molecular weight is 195 g/mol. The van der Waals surface area contributed by atoms with E-state index >= 15 is 0 Å². The second-order valence-corrected chi connectivity index (χ2v) is 2.58. The van der Waals surface area contributed by atoms with Crippen LogP contribution < -0.4 is 5.32 Å². The monoisotopic (exact) mass is 194 g/mol. The van der Waals surface area contributed by atoms with E-state index in [2.05, 4.69) is 22.1 Å². The highest BCUT2D eigenvalue weighted by molar-refractivity contribution is 6.29. The SMILES string of the molecule is CC#CC(=O)Nc1ccnc(Cl)c1. The highest BCUT2D eigenvalue weighted by Crippen LogP contribution is 2.11. The molecule has 3 nitrogen and oxygen atoms in total. The fraction of sp³-hybridized carbons (Fsp3) is 0.111. The first-order chi connectivity index (χ1) is 6.22. The van der Waals surface area contributed by atoms with Gasteiger partial charge in [-0.2, -0.15) is 0 Å². The van der Waals surface area contributed by atoms with E-state index < -0.39 is 0 Å². The standard InChI is InChI=1S/C9H7ClN2O/c1-2-3-9(13)12-7-4-5-11-8(10)6-7/h4-6H,1H3,(H,11,12,13). The topological polar surface area (TPSA) is 42.0 Å². The molecule has 0 saturated heterocycles. The van der Waals surface area contributed by atoms with Gasteiger partial charge in [0.1, 0.15) is 5.15 Å². The van der Waals surface area contributed by atoms with Crippen molar-refractivity contribution in [2.24, 2.45) is 0 Å². The normalized spacial score (nSPS) is 8.46. The third-order valence-electron chi connectivity index (χ3n) is 1.22. The lowest BCUT2D eigenvalue weighted by atomic mass is 10.4. The Balaban J connectivity index is 2.73. The summed E-state index contributed by atoms with van der Waals surface area (Å²) in [7, 11) is 0. The lowest BCUT2D eigenvalue weighted by Gasteiger charge is -1.99. The van der Waals surface area contributed by atoms with Crippen molar-refractivity contribution in [1.82, 2.24) is 4.98 Å². The number of nitrogens with zero attached hydrogens (tertiary/aromatic N) is 1. The molecule has 0 spiro atoms. The van der Waals surface area contributed by atoms with Crippen LogP contribution in [0.2, 0.25) is 5.15 Å². The quantitative estimate of drug-likeness (QED) is 0.546. The zero-order valence-electron chi connectivity index (χ0n) is 6.97. The summed E-state index contributed by atoms with van der Waals surface area (Å²) in [6, 6.07) is 3.19. The van der Waals surface area contributed by atoms with Gasteiger partial charge < -0.3 is 5.32 Å². The van der Waals surface area contributed by atoms with Gasteiger partial charge >= 0.3 is 0 Å². The first-order valence-electron chi connectivity index (χ1n) is 3.57. The Bertz CT molecular complexity index is 379. The Hall–Kier alpha value is -1.53. The van der Waals surface area contributed by atoms with Crippen LogP contribution in [0.5, 0.6) is 0 Å². The number of carbonyl (C=O) groups is 1. The van der Waals surface area contributed by atoms with E-state index in [1.54, 1.807) is 19.1 Å². The summed E-state index contributed by atoms with van der Waals surface area (Å²) >= 11 is 5.61. The number of nitrogens with one attached hydrogen (secondary N) is 1. The molecule has 1 rings (SSSR count). The molecule has 0 radical (unpaired) electrons. The van der Waals surface area contributed by atoms with Crippen LogP contribution >= 0.6 is 11.6 Å². The average Bonchev–Trinajstić information content (AvgIpc) is 2.04. The Morgan fingerprint density at radius 2 is 2.46 bits per heavy atom. The number of anilines is 1. The Labute approximate surface area is 81.1 Å². The van der Waals surface area contributed by atoms with E-state index in [4.69, 9.17) is 11.6 Å². The van der Waals surface area contributed by atoms with Crippen LogP contribution in [0.4, 0.5) is 5.69 Å². The smallest absolute Gasteiger partial charge is 0.300 e. The van der Waals surface area contributed by atoms with Crippen molar-refractivity contribution in [2.45, 2.75) is 6.92 Å². The molecule has 1 N–H and O–H groups in total. The summed E-state index contributed by atoms with van der Waals surface area (Å²) in [4.78, 5) is 14.7. The fourth-order valence-corrected chi connectivity index (χ4v) is 0.930. The van der Waals surface area contributed by atoms with Gasteiger partial charge in [0, 0.05) is 11.9 Å². The summed E-state index contributed by atoms with van der Waals surface area (Å²) in [6.45, 7) is 1.60. The first kappa shape index (κ1) is 9.56. The molecule has 1 heterocycles. The summed E-state index contributed by atoms with van der Waals surface area (Å²) in [5, 5.41) is 2.88. The molecule has 0 bridgehead atoms. The summed E-state index contributed by atoms with van der Waals surface area (Å²) in [5.41, 5.74) is 0.591. The van der Waals surface area contributed by atoms with Crippen LogP contribution in [-0.2, 0) is 4.79 Å². The largest absolute Gasteiger partial charge is 0.315 e. The molecule has 1 aromatic heterocycles. The lowest BCUT2D eigenvalue weighted by Crippen LogP contribution is -2.08. The molecule has 1 amide bonds. The molecule has 0 aliphatic rings. The maximum atomic E-state index is 11.0. The molecule has 0 aliphatic carbocycles. The molecular formula is C9H7ClN2O. The second kappa shape index (κ2) is 4.48. The van der Waals surface area contributed by atoms with Gasteiger partial charge in [-0.05, 0) is 25.0 Å². The molecule has 0 fully saturated rings. The van der Waals surface area contributed by atoms with E-state index in [1.165, 1.54) is 6.20 Å². The van der Waals surface area contributed by atoms with Gasteiger partial charge in [-0.15, -0.1) is 0 Å². The number of rotatable bonds is 1. The van der Waals surface area contributed by atoms with Crippen molar-refractivity contribution in [3.8, 4) is 11.8 Å². The van der Waals surface area contributed by atoms with Crippen molar-refractivity contribution in [3.63, 3.8) is 0 Å². The number of pyridine rings is 1. The van der Waals surface area contributed by atoms with Crippen LogP contribution in [0.25, 0.3) is 0 Å². The molecule has 0 atom stereocenters. The lowest BCUT2D eigenvalue weighted by molar-refractivity contribution is -0.111. The Morgan fingerprint density at radius 3 is 3.08 bits per heavy atom. The van der Waals surface area contributed by atoms with Gasteiger partial charge in [-0.25, -0.2) is 4.98 Å². The summed E-state index contributed by atoms with van der Waals surface area (Å²) in [6.07, 6.45) is 1.51. The van der Waals surface area contributed by atoms with Gasteiger partial charge in [0.15, 0.2) is 0 Å². The minimum absolute atomic E-state index is 0.335. The van der Waals surface area contributed by atoms with Crippen molar-refractivity contribution in [3.05, 3.63) is 23.5 Å². The highest BCUT2D eigenvalue weighted by Gasteiger charge is 1.97. The third-order valence-corrected chi connectivity index (χ3v) is 1.43. The van der Waals surface area contributed by atoms with Crippen LogP contribution in [-0.4, -0.2) is 10.9 Å². The molecule has 0 saturated carbocycles. The van der Waals surface area contributed by atoms with Crippen molar-refractivity contribution >= 4 is 23.2 Å². The van der Waals surface area contributed by atoms with Crippen molar-refractivity contribution < 1.29 is 4.79 Å². The van der Waals surface area contributed by atoms with Crippen LogP contribution in [0, 0.1) is 11.8 Å². The predicted octanol–water partition coefficient (Wildman–Crippen LogP) is 1.70.